The van der Waals surface area contributed by atoms with Gasteiger partial charge in [0.25, 0.3) is 5.88 Å². The number of aryl methyl sites for hydroxylation is 2. The number of benzene rings is 2. The number of hydrogen-bond acceptors (Lipinski definition) is 5. The molecule has 0 saturated carbocycles. The summed E-state index contributed by atoms with van der Waals surface area (Å²) in [6, 6.07) is 17.6. The molecule has 0 radical (unpaired) electrons. The fraction of sp³-hybridized carbons (Fsp3) is 0.217. The van der Waals surface area contributed by atoms with Crippen molar-refractivity contribution in [3.8, 4) is 11.6 Å². The highest BCUT2D eigenvalue weighted by Crippen LogP contribution is 2.22. The number of aromatic nitrogens is 4. The van der Waals surface area contributed by atoms with Crippen molar-refractivity contribution in [2.75, 3.05) is 6.54 Å². The number of carbonyl (C=O) groups excluding carboxylic acids is 1. The van der Waals surface area contributed by atoms with Gasteiger partial charge >= 0.3 is 5.69 Å². The summed E-state index contributed by atoms with van der Waals surface area (Å²) >= 11 is 0. The molecule has 0 fully saturated rings. The molecule has 8 nitrogen and oxygen atoms in total. The monoisotopic (exact) mass is 417 g/mol. The Kier molecular flexibility index (Phi) is 6.07. The lowest BCUT2D eigenvalue weighted by Crippen LogP contribution is -2.33. The Labute approximate surface area is 179 Å². The van der Waals surface area contributed by atoms with Crippen LogP contribution in [-0.4, -0.2) is 31.6 Å². The normalized spacial score (nSPS) is 10.9. The van der Waals surface area contributed by atoms with E-state index in [0.29, 0.717) is 12.3 Å². The van der Waals surface area contributed by atoms with Crippen LogP contribution in [0.1, 0.15) is 17.5 Å². The average Bonchev–Trinajstić information content (AvgIpc) is 3.10. The van der Waals surface area contributed by atoms with Gasteiger partial charge in [-0.05, 0) is 37.5 Å². The van der Waals surface area contributed by atoms with Crippen molar-refractivity contribution < 1.29 is 9.53 Å². The summed E-state index contributed by atoms with van der Waals surface area (Å²) in [5.41, 5.74) is 2.16. The van der Waals surface area contributed by atoms with Crippen molar-refractivity contribution in [1.29, 1.82) is 0 Å². The summed E-state index contributed by atoms with van der Waals surface area (Å²) in [4.78, 5) is 29.1. The maximum absolute atomic E-state index is 12.6. The maximum atomic E-state index is 12.6. The quantitative estimate of drug-likeness (QED) is 0.445. The molecule has 0 atom stereocenters. The van der Waals surface area contributed by atoms with Gasteiger partial charge in [-0.2, -0.15) is 0 Å². The first kappa shape index (κ1) is 20.3. The number of amides is 1. The summed E-state index contributed by atoms with van der Waals surface area (Å²) in [5, 5.41) is 7.10. The van der Waals surface area contributed by atoms with Crippen LogP contribution in [0.25, 0.3) is 5.65 Å². The van der Waals surface area contributed by atoms with Crippen LogP contribution in [0.4, 0.5) is 0 Å². The van der Waals surface area contributed by atoms with Crippen molar-refractivity contribution in [1.82, 2.24) is 24.5 Å². The van der Waals surface area contributed by atoms with Gasteiger partial charge in [0.05, 0.1) is 0 Å². The van der Waals surface area contributed by atoms with Crippen molar-refractivity contribution in [3.63, 3.8) is 0 Å². The van der Waals surface area contributed by atoms with E-state index in [9.17, 15) is 9.59 Å². The molecular weight excluding hydrogens is 394 g/mol. The van der Waals surface area contributed by atoms with Crippen molar-refractivity contribution in [2.45, 2.75) is 26.3 Å². The summed E-state index contributed by atoms with van der Waals surface area (Å²) in [7, 11) is 0. The molecule has 2 aromatic heterocycles. The van der Waals surface area contributed by atoms with Gasteiger partial charge in [-0.15, -0.1) is 5.10 Å². The molecule has 1 N–H and O–H groups in total. The molecule has 0 unspecified atom stereocenters. The molecule has 0 spiro atoms. The van der Waals surface area contributed by atoms with Crippen molar-refractivity contribution in [3.05, 3.63) is 88.6 Å². The highest BCUT2D eigenvalue weighted by molar-refractivity contribution is 5.75. The Morgan fingerprint density at radius 3 is 2.65 bits per heavy atom. The first-order valence-electron chi connectivity index (χ1n) is 10.1. The molecule has 0 aliphatic heterocycles. The van der Waals surface area contributed by atoms with E-state index in [1.165, 1.54) is 22.4 Å². The van der Waals surface area contributed by atoms with E-state index in [0.717, 1.165) is 23.1 Å². The van der Waals surface area contributed by atoms with Gasteiger partial charge in [-0.1, -0.05) is 48.0 Å². The van der Waals surface area contributed by atoms with Crippen LogP contribution in [-0.2, 0) is 17.8 Å². The molecule has 1 amide bonds. The lowest BCUT2D eigenvalue weighted by Gasteiger charge is -2.05. The molecule has 2 aromatic carbocycles. The van der Waals surface area contributed by atoms with Gasteiger partial charge in [0.2, 0.25) is 11.6 Å². The molecule has 0 saturated heterocycles. The van der Waals surface area contributed by atoms with E-state index >= 15 is 0 Å². The number of nitrogens with one attached hydrogen (secondary N) is 1. The standard InChI is InChI=1S/C23H23N5O3/c1-17-9-11-19(12-10-17)31-22-21-26-28(23(30)27(21)15-14-25-22)16-20(29)24-13-5-8-18-6-3-2-4-7-18/h2-4,6-7,9-12,14-15H,5,8,13,16H2,1H3,(H,24,29). The molecule has 8 heteroatoms. The fourth-order valence-electron chi connectivity index (χ4n) is 3.18. The number of fused-ring (bicyclic) bond motifs is 1. The van der Waals surface area contributed by atoms with Gasteiger partial charge in [-0.3, -0.25) is 4.79 Å². The molecule has 0 aliphatic rings. The van der Waals surface area contributed by atoms with Crippen LogP contribution in [0.15, 0.2) is 71.8 Å². The number of rotatable bonds is 8. The number of nitrogens with zero attached hydrogens (tertiary/aromatic N) is 4. The van der Waals surface area contributed by atoms with Gasteiger partial charge in [0.1, 0.15) is 12.3 Å². The SMILES string of the molecule is Cc1ccc(Oc2nccn3c(=O)n(CC(=O)NCCCc4ccccc4)nc23)cc1. The van der Waals surface area contributed by atoms with Crippen LogP contribution in [0.5, 0.6) is 11.6 Å². The van der Waals surface area contributed by atoms with Gasteiger partial charge in [0, 0.05) is 18.9 Å². The minimum absolute atomic E-state index is 0.171. The second kappa shape index (κ2) is 9.25. The molecular formula is C23H23N5O3. The van der Waals surface area contributed by atoms with Crippen LogP contribution in [0.2, 0.25) is 0 Å². The highest BCUT2D eigenvalue weighted by Gasteiger charge is 2.15. The molecule has 4 aromatic rings. The number of ether oxygens (including phenoxy) is 1. The Bertz CT molecular complexity index is 1230. The predicted molar refractivity (Wildman–Crippen MR) is 116 cm³/mol. The first-order chi connectivity index (χ1) is 15.1. The summed E-state index contributed by atoms with van der Waals surface area (Å²) in [5.74, 6) is 0.516. The first-order valence-corrected chi connectivity index (χ1v) is 10.1. The van der Waals surface area contributed by atoms with E-state index in [1.807, 2.05) is 49.4 Å². The lowest BCUT2D eigenvalue weighted by molar-refractivity contribution is -0.121. The zero-order valence-corrected chi connectivity index (χ0v) is 17.2. The summed E-state index contributed by atoms with van der Waals surface area (Å²) in [6.45, 7) is 2.34. The predicted octanol–water partition coefficient (Wildman–Crippen LogP) is 2.74. The van der Waals surface area contributed by atoms with Crippen LogP contribution in [0.3, 0.4) is 0 Å². The van der Waals surface area contributed by atoms with Crippen LogP contribution in [0, 0.1) is 6.92 Å². The van der Waals surface area contributed by atoms with Crippen LogP contribution < -0.4 is 15.7 Å². The fourth-order valence-corrected chi connectivity index (χ4v) is 3.18. The smallest absolute Gasteiger partial charge is 0.351 e. The summed E-state index contributed by atoms with van der Waals surface area (Å²) < 4.78 is 8.23. The topological polar surface area (TPSA) is 90.5 Å². The van der Waals surface area contributed by atoms with E-state index in [-0.39, 0.29) is 24.0 Å². The van der Waals surface area contributed by atoms with Gasteiger partial charge in [-0.25, -0.2) is 18.9 Å². The van der Waals surface area contributed by atoms with E-state index < -0.39 is 5.69 Å². The van der Waals surface area contributed by atoms with E-state index in [4.69, 9.17) is 4.74 Å². The van der Waals surface area contributed by atoms with Crippen LogP contribution >= 0.6 is 0 Å². The Hall–Kier alpha value is -3.94. The average molecular weight is 417 g/mol. The third-order valence-corrected chi connectivity index (χ3v) is 4.81. The molecule has 0 bridgehead atoms. The largest absolute Gasteiger partial charge is 0.436 e. The molecule has 4 rings (SSSR count). The minimum atomic E-state index is -0.425. The Balaban J connectivity index is 1.40. The third kappa shape index (κ3) is 4.98. The number of hydrogen-bond donors (Lipinski definition) is 1. The van der Waals surface area contributed by atoms with E-state index in [2.05, 4.69) is 27.5 Å². The maximum Gasteiger partial charge on any atom is 0.351 e. The Morgan fingerprint density at radius 2 is 1.87 bits per heavy atom. The lowest BCUT2D eigenvalue weighted by atomic mass is 10.1. The zero-order chi connectivity index (χ0) is 21.6. The third-order valence-electron chi connectivity index (χ3n) is 4.81. The van der Waals surface area contributed by atoms with Gasteiger partial charge < -0.3 is 10.1 Å². The van der Waals surface area contributed by atoms with Crippen molar-refractivity contribution in [2.24, 2.45) is 0 Å². The minimum Gasteiger partial charge on any atom is -0.436 e. The van der Waals surface area contributed by atoms with Crippen molar-refractivity contribution >= 4 is 11.6 Å². The Morgan fingerprint density at radius 1 is 1.10 bits per heavy atom. The number of carbonyl (C=O) groups is 1. The highest BCUT2D eigenvalue weighted by atomic mass is 16.5. The van der Waals surface area contributed by atoms with Gasteiger partial charge in [0.15, 0.2) is 0 Å². The van der Waals surface area contributed by atoms with E-state index in [1.54, 1.807) is 0 Å². The molecule has 31 heavy (non-hydrogen) atoms. The molecule has 0 aliphatic carbocycles. The zero-order valence-electron chi connectivity index (χ0n) is 17.2. The molecule has 2 heterocycles. The molecule has 158 valence electrons. The second-order valence-corrected chi connectivity index (χ2v) is 7.22. The summed E-state index contributed by atoms with van der Waals surface area (Å²) in [6.07, 6.45) is 4.66. The second-order valence-electron chi connectivity index (χ2n) is 7.22.